The summed E-state index contributed by atoms with van der Waals surface area (Å²) < 4.78 is 3.87. The highest BCUT2D eigenvalue weighted by Crippen LogP contribution is 2.31. The molecule has 1 aromatic carbocycles. The second-order valence-corrected chi connectivity index (χ2v) is 8.20. The summed E-state index contributed by atoms with van der Waals surface area (Å²) in [6, 6.07) is 11.6. The number of fused-ring (bicyclic) bond motifs is 5. The van der Waals surface area contributed by atoms with Gasteiger partial charge in [-0.1, -0.05) is 12.1 Å². The molecule has 4 heterocycles. The minimum atomic E-state index is -0.219. The van der Waals surface area contributed by atoms with E-state index < -0.39 is 0 Å². The van der Waals surface area contributed by atoms with Gasteiger partial charge in [-0.2, -0.15) is 0 Å². The normalized spacial score (nSPS) is 20.4. The Morgan fingerprint density at radius 3 is 3.00 bits per heavy atom. The number of nitrogens with zero attached hydrogens (tertiary/aromatic N) is 4. The summed E-state index contributed by atoms with van der Waals surface area (Å²) in [6.07, 6.45) is 2.92. The lowest BCUT2D eigenvalue weighted by Gasteiger charge is -2.37. The van der Waals surface area contributed by atoms with Crippen LogP contribution < -0.4 is 10.9 Å². The molecule has 7 nitrogen and oxygen atoms in total. The summed E-state index contributed by atoms with van der Waals surface area (Å²) in [7, 11) is 1.75. The van der Waals surface area contributed by atoms with Gasteiger partial charge < -0.3 is 19.4 Å². The highest BCUT2D eigenvalue weighted by Gasteiger charge is 2.32. The summed E-state index contributed by atoms with van der Waals surface area (Å²) in [5, 5.41) is 3.45. The Balaban J connectivity index is 1.35. The Bertz CT molecular complexity index is 1130. The zero-order chi connectivity index (χ0) is 20.0. The maximum Gasteiger partial charge on any atom is 0.263 e. The molecule has 7 heteroatoms. The zero-order valence-electron chi connectivity index (χ0n) is 16.5. The van der Waals surface area contributed by atoms with Crippen LogP contribution in [0.15, 0.2) is 47.5 Å². The van der Waals surface area contributed by atoms with Gasteiger partial charge in [0, 0.05) is 44.8 Å². The van der Waals surface area contributed by atoms with Gasteiger partial charge in [-0.05, 0) is 43.1 Å². The van der Waals surface area contributed by atoms with E-state index in [1.807, 2.05) is 39.5 Å². The summed E-state index contributed by atoms with van der Waals surface area (Å²) in [5.74, 6) is 0.617. The number of pyridine rings is 1. The highest BCUT2D eigenvalue weighted by atomic mass is 16.2. The second kappa shape index (κ2) is 7.15. The fourth-order valence-electron chi connectivity index (χ4n) is 4.71. The molecule has 0 spiro atoms. The van der Waals surface area contributed by atoms with E-state index in [2.05, 4.69) is 10.3 Å². The van der Waals surface area contributed by atoms with Crippen LogP contribution in [0.25, 0.3) is 11.0 Å². The van der Waals surface area contributed by atoms with Gasteiger partial charge in [0.15, 0.2) is 0 Å². The fraction of sp³-hybridized carbons (Fsp3) is 0.409. The highest BCUT2D eigenvalue weighted by molar-refractivity contribution is 5.93. The van der Waals surface area contributed by atoms with Crippen LogP contribution in [0.2, 0.25) is 0 Å². The molecule has 3 aromatic rings. The number of hydrogen-bond acceptors (Lipinski definition) is 4. The van der Waals surface area contributed by atoms with Gasteiger partial charge in [-0.3, -0.25) is 9.59 Å². The van der Waals surface area contributed by atoms with Crippen LogP contribution >= 0.6 is 0 Å². The number of piperidine rings is 1. The Hall–Kier alpha value is -2.93. The molecular weight excluding hydrogens is 366 g/mol. The Morgan fingerprint density at radius 1 is 1.24 bits per heavy atom. The lowest BCUT2D eigenvalue weighted by Crippen LogP contribution is -2.46. The van der Waals surface area contributed by atoms with E-state index in [1.165, 1.54) is 0 Å². The monoisotopic (exact) mass is 391 g/mol. The number of likely N-dealkylation sites (N-methyl/N-ethyl adjacent to an activating group) is 1. The van der Waals surface area contributed by atoms with Crippen LogP contribution in [0.5, 0.6) is 0 Å². The minimum Gasteiger partial charge on any atom is -0.340 e. The maximum atomic E-state index is 13.1. The van der Waals surface area contributed by atoms with Crippen LogP contribution in [0.4, 0.5) is 0 Å². The van der Waals surface area contributed by atoms with Gasteiger partial charge in [0.05, 0.1) is 17.4 Å². The molecule has 0 aliphatic carbocycles. The van der Waals surface area contributed by atoms with Gasteiger partial charge in [-0.25, -0.2) is 4.98 Å². The molecular formula is C22H25N5O2. The van der Waals surface area contributed by atoms with Crippen molar-refractivity contribution in [1.29, 1.82) is 0 Å². The molecule has 5 rings (SSSR count). The Morgan fingerprint density at radius 2 is 2.10 bits per heavy atom. The summed E-state index contributed by atoms with van der Waals surface area (Å²) in [6.45, 7) is 3.69. The molecule has 1 N–H and O–H groups in total. The number of nitrogens with one attached hydrogen (secondary N) is 1. The van der Waals surface area contributed by atoms with Crippen molar-refractivity contribution in [2.75, 3.05) is 26.7 Å². The summed E-state index contributed by atoms with van der Waals surface area (Å²) >= 11 is 0. The Labute approximate surface area is 169 Å². The van der Waals surface area contributed by atoms with Gasteiger partial charge in [0.2, 0.25) is 0 Å². The van der Waals surface area contributed by atoms with Crippen molar-refractivity contribution in [1.82, 2.24) is 24.3 Å². The molecule has 0 saturated carbocycles. The molecule has 1 amide bonds. The molecule has 2 aliphatic heterocycles. The Kier molecular flexibility index (Phi) is 4.47. The molecule has 150 valence electrons. The third-order valence-electron chi connectivity index (χ3n) is 6.29. The standard InChI is InChI=1S/C22H25N5O2/c1-25(8-9-26-14-24-18-4-2-3-5-20(18)26)21(28)17-6-7-19-16-10-15(11-23-12-16)13-27(19)22(17)29/h2-7,14-16,23H,8-13H2,1H3/t15-,16+/m0/s1. The first-order chi connectivity index (χ1) is 14.1. The third-order valence-corrected chi connectivity index (χ3v) is 6.29. The minimum absolute atomic E-state index is 0.149. The lowest BCUT2D eigenvalue weighted by atomic mass is 9.84. The topological polar surface area (TPSA) is 72.2 Å². The van der Waals surface area contributed by atoms with E-state index in [0.717, 1.165) is 36.2 Å². The molecule has 2 aromatic heterocycles. The predicted octanol–water partition coefficient (Wildman–Crippen LogP) is 1.68. The van der Waals surface area contributed by atoms with Gasteiger partial charge in [0.25, 0.3) is 11.5 Å². The summed E-state index contributed by atoms with van der Waals surface area (Å²) in [4.78, 5) is 32.1. The van der Waals surface area contributed by atoms with Crippen LogP contribution in [0.3, 0.4) is 0 Å². The number of aromatic nitrogens is 3. The quantitative estimate of drug-likeness (QED) is 0.735. The average molecular weight is 391 g/mol. The molecule has 2 aliphatic rings. The van der Waals surface area contributed by atoms with Crippen molar-refractivity contribution in [3.63, 3.8) is 0 Å². The van der Waals surface area contributed by atoms with Gasteiger partial charge in [0.1, 0.15) is 5.56 Å². The largest absolute Gasteiger partial charge is 0.340 e. The van der Waals surface area contributed by atoms with Crippen molar-refractivity contribution in [2.45, 2.75) is 25.4 Å². The van der Waals surface area contributed by atoms with E-state index in [1.54, 1.807) is 24.3 Å². The van der Waals surface area contributed by atoms with E-state index in [-0.39, 0.29) is 17.0 Å². The smallest absolute Gasteiger partial charge is 0.263 e. The first-order valence-electron chi connectivity index (χ1n) is 10.2. The molecule has 2 atom stereocenters. The zero-order valence-corrected chi connectivity index (χ0v) is 16.5. The second-order valence-electron chi connectivity index (χ2n) is 8.20. The van der Waals surface area contributed by atoms with E-state index in [9.17, 15) is 9.59 Å². The lowest BCUT2D eigenvalue weighted by molar-refractivity contribution is 0.0787. The number of para-hydroxylation sites is 2. The number of carbonyl (C=O) groups excluding carboxylic acids is 1. The van der Waals surface area contributed by atoms with Crippen LogP contribution in [0, 0.1) is 5.92 Å². The summed E-state index contributed by atoms with van der Waals surface area (Å²) in [5.41, 5.74) is 3.16. The van der Waals surface area contributed by atoms with Crippen molar-refractivity contribution in [2.24, 2.45) is 5.92 Å². The van der Waals surface area contributed by atoms with Crippen molar-refractivity contribution < 1.29 is 4.79 Å². The van der Waals surface area contributed by atoms with Crippen molar-refractivity contribution in [3.8, 4) is 0 Å². The maximum absolute atomic E-state index is 13.1. The van der Waals surface area contributed by atoms with E-state index >= 15 is 0 Å². The van der Waals surface area contributed by atoms with Crippen molar-refractivity contribution in [3.05, 3.63) is 64.3 Å². The predicted molar refractivity (Wildman–Crippen MR) is 111 cm³/mol. The molecule has 29 heavy (non-hydrogen) atoms. The first kappa shape index (κ1) is 18.1. The molecule has 0 unspecified atom stereocenters. The van der Waals surface area contributed by atoms with Crippen LogP contribution in [-0.4, -0.2) is 51.6 Å². The van der Waals surface area contributed by atoms with Crippen LogP contribution in [-0.2, 0) is 13.1 Å². The first-order valence-corrected chi connectivity index (χ1v) is 10.2. The number of imidazole rings is 1. The number of rotatable bonds is 4. The number of hydrogen-bond donors (Lipinski definition) is 1. The number of carbonyl (C=O) groups is 1. The van der Waals surface area contributed by atoms with Crippen molar-refractivity contribution >= 4 is 16.9 Å². The molecule has 0 radical (unpaired) electrons. The van der Waals surface area contributed by atoms with Crippen LogP contribution in [0.1, 0.15) is 28.4 Å². The SMILES string of the molecule is CN(CCn1cnc2ccccc21)C(=O)c1ccc2n(c1=O)C[C@@H]1CNC[C@H]2C1. The molecule has 1 saturated heterocycles. The number of benzene rings is 1. The van der Waals surface area contributed by atoms with E-state index in [4.69, 9.17) is 0 Å². The third kappa shape index (κ3) is 3.15. The van der Waals surface area contributed by atoms with E-state index in [0.29, 0.717) is 31.5 Å². The fourth-order valence-corrected chi connectivity index (χ4v) is 4.71. The molecule has 2 bridgehead atoms. The number of amides is 1. The van der Waals surface area contributed by atoms with Gasteiger partial charge in [-0.15, -0.1) is 0 Å². The average Bonchev–Trinajstić information content (AvgIpc) is 3.16. The van der Waals surface area contributed by atoms with Gasteiger partial charge >= 0.3 is 0 Å². The molecule has 1 fully saturated rings.